The molecule has 0 aromatic heterocycles. The van der Waals surface area contributed by atoms with E-state index in [-0.39, 0.29) is 10.7 Å². The van der Waals surface area contributed by atoms with Crippen LogP contribution in [0.1, 0.15) is 11.1 Å². The zero-order valence-electron chi connectivity index (χ0n) is 14.2. The average molecular weight is 385 g/mol. The molecule has 2 aromatic rings. The zero-order chi connectivity index (χ0) is 19.6. The number of rotatable bonds is 5. The van der Waals surface area contributed by atoms with Gasteiger partial charge in [0.1, 0.15) is 11.5 Å². The largest absolute Gasteiger partial charge is 0.508 e. The number of nitrogens with zero attached hydrogens (tertiary/aromatic N) is 1. The van der Waals surface area contributed by atoms with E-state index in [0.717, 1.165) is 16.7 Å². The van der Waals surface area contributed by atoms with E-state index < -0.39 is 23.7 Å². The summed E-state index contributed by atoms with van der Waals surface area (Å²) in [6.07, 6.45) is 1.58. The minimum Gasteiger partial charge on any atom is -0.508 e. The third-order valence-electron chi connectivity index (χ3n) is 3.76. The second kappa shape index (κ2) is 7.55. The van der Waals surface area contributed by atoms with Crippen LogP contribution in [0.4, 0.5) is 10.5 Å². The van der Waals surface area contributed by atoms with Crippen molar-refractivity contribution >= 4 is 40.6 Å². The number of carbonyl (C=O) groups excluding carboxylic acids is 2. The number of aliphatic carboxylic acids is 1. The second-order valence-electron chi connectivity index (χ2n) is 5.74. The van der Waals surface area contributed by atoms with Gasteiger partial charge in [-0.3, -0.25) is 9.59 Å². The minimum absolute atomic E-state index is 0.0592. The summed E-state index contributed by atoms with van der Waals surface area (Å²) in [5.41, 5.74) is 1.71. The smallest absolute Gasteiger partial charge is 0.341 e. The molecule has 1 aliphatic rings. The van der Waals surface area contributed by atoms with Crippen LogP contribution < -0.4 is 9.64 Å². The predicted molar refractivity (Wildman–Crippen MR) is 101 cm³/mol. The number of amides is 2. The summed E-state index contributed by atoms with van der Waals surface area (Å²) < 4.78 is 5.05. The first-order valence-electron chi connectivity index (χ1n) is 7.87. The van der Waals surface area contributed by atoms with Gasteiger partial charge in [0, 0.05) is 0 Å². The Labute approximate surface area is 158 Å². The van der Waals surface area contributed by atoms with Crippen LogP contribution in [0.15, 0.2) is 47.4 Å². The molecule has 3 rings (SSSR count). The summed E-state index contributed by atoms with van der Waals surface area (Å²) in [6.45, 7) is 1.27. The monoisotopic (exact) mass is 385 g/mol. The average Bonchev–Trinajstić information content (AvgIpc) is 2.88. The van der Waals surface area contributed by atoms with E-state index in [4.69, 9.17) is 9.84 Å². The second-order valence-corrected chi connectivity index (χ2v) is 6.73. The Bertz CT molecular complexity index is 951. The molecule has 0 radical (unpaired) electrons. The van der Waals surface area contributed by atoms with Gasteiger partial charge in [-0.2, -0.15) is 0 Å². The normalized spacial score (nSPS) is 15.4. The number of carboxylic acids is 1. The van der Waals surface area contributed by atoms with E-state index >= 15 is 0 Å². The molecule has 7 nitrogen and oxygen atoms in total. The molecule has 0 saturated carbocycles. The van der Waals surface area contributed by atoms with Gasteiger partial charge >= 0.3 is 5.97 Å². The first-order valence-corrected chi connectivity index (χ1v) is 8.69. The molecule has 0 bridgehead atoms. The quantitative estimate of drug-likeness (QED) is 0.760. The Morgan fingerprint density at radius 2 is 1.89 bits per heavy atom. The first kappa shape index (κ1) is 18.5. The fraction of sp³-hybridized carbons (Fsp3) is 0.105. The molecule has 2 aromatic carbocycles. The lowest BCUT2D eigenvalue weighted by molar-refractivity contribution is -0.139. The SMILES string of the molecule is Cc1cc(O)ccc1N1C(=O)S/C(=C/c2ccc(OCC(=O)O)cc2)C1=O. The lowest BCUT2D eigenvalue weighted by Gasteiger charge is -2.15. The summed E-state index contributed by atoms with van der Waals surface area (Å²) in [5.74, 6) is -1.06. The van der Waals surface area contributed by atoms with Crippen LogP contribution >= 0.6 is 11.8 Å². The lowest BCUT2D eigenvalue weighted by atomic mass is 10.1. The number of benzene rings is 2. The summed E-state index contributed by atoms with van der Waals surface area (Å²) in [4.78, 5) is 36.8. The van der Waals surface area contributed by atoms with Crippen LogP contribution in [0.3, 0.4) is 0 Å². The molecule has 0 unspecified atom stereocenters. The minimum atomic E-state index is -1.07. The van der Waals surface area contributed by atoms with Gasteiger partial charge in [-0.15, -0.1) is 0 Å². The van der Waals surface area contributed by atoms with Crippen molar-refractivity contribution in [3.8, 4) is 11.5 Å². The number of aromatic hydroxyl groups is 1. The maximum Gasteiger partial charge on any atom is 0.341 e. The molecule has 1 heterocycles. The molecule has 27 heavy (non-hydrogen) atoms. The number of phenols is 1. The molecule has 1 saturated heterocycles. The standard InChI is InChI=1S/C19H15NO6S/c1-11-8-13(21)4-7-15(11)20-18(24)16(27-19(20)25)9-12-2-5-14(6-3-12)26-10-17(22)23/h2-9,21H,10H2,1H3,(H,22,23)/b16-9+. The van der Waals surface area contributed by atoms with Gasteiger partial charge < -0.3 is 14.9 Å². The van der Waals surface area contributed by atoms with Gasteiger partial charge in [0.15, 0.2) is 6.61 Å². The molecule has 1 fully saturated rings. The van der Waals surface area contributed by atoms with Crippen molar-refractivity contribution in [1.82, 2.24) is 0 Å². The third kappa shape index (κ3) is 4.12. The van der Waals surface area contributed by atoms with Crippen molar-refractivity contribution < 1.29 is 29.3 Å². The number of phenolic OH excluding ortho intramolecular Hbond substituents is 1. The van der Waals surface area contributed by atoms with Gasteiger partial charge in [-0.25, -0.2) is 9.69 Å². The molecule has 2 N–H and O–H groups in total. The number of hydrogen-bond acceptors (Lipinski definition) is 6. The summed E-state index contributed by atoms with van der Waals surface area (Å²) in [7, 11) is 0. The van der Waals surface area contributed by atoms with E-state index in [1.165, 1.54) is 18.2 Å². The number of carbonyl (C=O) groups is 3. The number of ether oxygens (including phenoxy) is 1. The maximum atomic E-state index is 12.7. The molecular weight excluding hydrogens is 370 g/mol. The Morgan fingerprint density at radius 1 is 1.19 bits per heavy atom. The van der Waals surface area contributed by atoms with Gasteiger partial charge in [0.25, 0.3) is 11.1 Å². The van der Waals surface area contributed by atoms with Gasteiger partial charge in [0.05, 0.1) is 10.6 Å². The van der Waals surface area contributed by atoms with Crippen molar-refractivity contribution in [1.29, 1.82) is 0 Å². The molecular formula is C19H15NO6S. The zero-order valence-corrected chi connectivity index (χ0v) is 15.0. The molecule has 0 aliphatic carbocycles. The lowest BCUT2D eigenvalue weighted by Crippen LogP contribution is -2.28. The van der Waals surface area contributed by atoms with Crippen molar-refractivity contribution in [3.05, 3.63) is 58.5 Å². The van der Waals surface area contributed by atoms with Crippen LogP contribution in [-0.4, -0.2) is 33.9 Å². The van der Waals surface area contributed by atoms with E-state index in [0.29, 0.717) is 22.6 Å². The summed E-state index contributed by atoms with van der Waals surface area (Å²) in [6, 6.07) is 10.9. The molecule has 2 amide bonds. The Balaban J connectivity index is 1.81. The van der Waals surface area contributed by atoms with Crippen LogP contribution in [0.5, 0.6) is 11.5 Å². The highest BCUT2D eigenvalue weighted by Gasteiger charge is 2.37. The van der Waals surface area contributed by atoms with Crippen molar-refractivity contribution in [2.24, 2.45) is 0 Å². The third-order valence-corrected chi connectivity index (χ3v) is 4.62. The summed E-state index contributed by atoms with van der Waals surface area (Å²) >= 11 is 0.830. The fourth-order valence-electron chi connectivity index (χ4n) is 2.52. The highest BCUT2D eigenvalue weighted by Crippen LogP contribution is 2.37. The maximum absolute atomic E-state index is 12.7. The van der Waals surface area contributed by atoms with E-state index in [2.05, 4.69) is 0 Å². The van der Waals surface area contributed by atoms with Gasteiger partial charge in [-0.1, -0.05) is 12.1 Å². The van der Waals surface area contributed by atoms with Crippen LogP contribution in [-0.2, 0) is 9.59 Å². The van der Waals surface area contributed by atoms with Gasteiger partial charge in [0.2, 0.25) is 0 Å². The molecule has 1 aliphatic heterocycles. The Morgan fingerprint density at radius 3 is 2.52 bits per heavy atom. The van der Waals surface area contributed by atoms with Crippen LogP contribution in [0.25, 0.3) is 6.08 Å². The van der Waals surface area contributed by atoms with Crippen molar-refractivity contribution in [2.45, 2.75) is 6.92 Å². The summed E-state index contributed by atoms with van der Waals surface area (Å²) in [5, 5.41) is 17.7. The number of imide groups is 1. The molecule has 138 valence electrons. The molecule has 8 heteroatoms. The highest BCUT2D eigenvalue weighted by atomic mass is 32.2. The number of anilines is 1. The first-order chi connectivity index (χ1) is 12.8. The molecule has 0 spiro atoms. The van der Waals surface area contributed by atoms with E-state index in [9.17, 15) is 19.5 Å². The number of carboxylic acid groups (broad SMARTS) is 1. The Kier molecular flexibility index (Phi) is 5.18. The van der Waals surface area contributed by atoms with Crippen LogP contribution in [0, 0.1) is 6.92 Å². The van der Waals surface area contributed by atoms with Gasteiger partial charge in [-0.05, 0) is 66.2 Å². The van der Waals surface area contributed by atoms with E-state index in [1.54, 1.807) is 37.3 Å². The fourth-order valence-corrected chi connectivity index (χ4v) is 3.36. The number of aryl methyl sites for hydroxylation is 1. The van der Waals surface area contributed by atoms with Crippen LogP contribution in [0.2, 0.25) is 0 Å². The Hall–Kier alpha value is -3.26. The van der Waals surface area contributed by atoms with Crippen molar-refractivity contribution in [2.75, 3.05) is 11.5 Å². The van der Waals surface area contributed by atoms with E-state index in [1.807, 2.05) is 0 Å². The highest BCUT2D eigenvalue weighted by molar-refractivity contribution is 8.19. The van der Waals surface area contributed by atoms with Crippen molar-refractivity contribution in [3.63, 3.8) is 0 Å². The topological polar surface area (TPSA) is 104 Å². The molecule has 0 atom stereocenters. The predicted octanol–water partition coefficient (Wildman–Crippen LogP) is 3.40. The number of thioether (sulfide) groups is 1. The number of hydrogen-bond donors (Lipinski definition) is 2.